The molecule has 0 amide bonds. The zero-order valence-electron chi connectivity index (χ0n) is 11.1. The van der Waals surface area contributed by atoms with Gasteiger partial charge in [-0.3, -0.25) is 0 Å². The summed E-state index contributed by atoms with van der Waals surface area (Å²) in [4.78, 5) is 11.3. The molecule has 3 aromatic rings. The van der Waals surface area contributed by atoms with Gasteiger partial charge in [0, 0.05) is 23.9 Å². The third-order valence-corrected chi connectivity index (χ3v) is 3.06. The number of aromatic amines is 1. The van der Waals surface area contributed by atoms with Crippen LogP contribution >= 0.6 is 0 Å². The molecule has 0 radical (unpaired) electrons. The van der Waals surface area contributed by atoms with E-state index >= 15 is 0 Å². The quantitative estimate of drug-likeness (QED) is 0.755. The fourth-order valence-corrected chi connectivity index (χ4v) is 1.93. The number of nitrogens with zero attached hydrogens (tertiary/aromatic N) is 3. The van der Waals surface area contributed by atoms with Crippen LogP contribution in [0.1, 0.15) is 23.2 Å². The van der Waals surface area contributed by atoms with Gasteiger partial charge < -0.3 is 15.2 Å². The minimum Gasteiger partial charge on any atom is -0.348 e. The Morgan fingerprint density at radius 3 is 2.80 bits per heavy atom. The molecule has 6 nitrogen and oxygen atoms in total. The summed E-state index contributed by atoms with van der Waals surface area (Å²) in [7, 11) is 0. The van der Waals surface area contributed by atoms with E-state index in [-0.39, 0.29) is 6.04 Å². The maximum absolute atomic E-state index is 6.06. The number of hydrogen-bond donors (Lipinski definition) is 2. The molecule has 0 aliphatic heterocycles. The van der Waals surface area contributed by atoms with Crippen molar-refractivity contribution in [1.82, 2.24) is 20.1 Å². The molecule has 6 heteroatoms. The van der Waals surface area contributed by atoms with Crippen LogP contribution in [-0.4, -0.2) is 20.1 Å². The van der Waals surface area contributed by atoms with E-state index in [4.69, 9.17) is 10.3 Å². The normalized spacial score (nSPS) is 12.5. The first kappa shape index (κ1) is 12.6. The number of aromatic nitrogens is 4. The number of nitrogens with two attached hydrogens (primary N) is 1. The molecule has 2 heterocycles. The first-order valence-corrected chi connectivity index (χ1v) is 6.36. The van der Waals surface area contributed by atoms with Gasteiger partial charge in [0.25, 0.3) is 0 Å². The molecule has 20 heavy (non-hydrogen) atoms. The van der Waals surface area contributed by atoms with E-state index < -0.39 is 0 Å². The summed E-state index contributed by atoms with van der Waals surface area (Å²) < 4.78 is 5.24. The van der Waals surface area contributed by atoms with Gasteiger partial charge >= 0.3 is 0 Å². The van der Waals surface area contributed by atoms with Gasteiger partial charge in [0.15, 0.2) is 0 Å². The number of hydrogen-bond acceptors (Lipinski definition) is 5. The van der Waals surface area contributed by atoms with Crippen molar-refractivity contribution in [3.05, 3.63) is 53.9 Å². The van der Waals surface area contributed by atoms with Crippen molar-refractivity contribution in [3.63, 3.8) is 0 Å². The number of aryl methyl sites for hydroxylation is 1. The van der Waals surface area contributed by atoms with Crippen LogP contribution in [0, 0.1) is 6.92 Å². The molecule has 2 aromatic heterocycles. The number of rotatable bonds is 4. The van der Waals surface area contributed by atoms with E-state index in [9.17, 15) is 0 Å². The van der Waals surface area contributed by atoms with Crippen molar-refractivity contribution >= 4 is 0 Å². The van der Waals surface area contributed by atoms with Crippen LogP contribution in [0.4, 0.5) is 0 Å². The second-order valence-corrected chi connectivity index (χ2v) is 4.71. The lowest BCUT2D eigenvalue weighted by Crippen LogP contribution is -2.13. The van der Waals surface area contributed by atoms with Crippen LogP contribution in [0.3, 0.4) is 0 Å². The van der Waals surface area contributed by atoms with Crippen LogP contribution < -0.4 is 5.73 Å². The maximum atomic E-state index is 6.06. The summed E-state index contributed by atoms with van der Waals surface area (Å²) in [6.07, 6.45) is 3.93. The van der Waals surface area contributed by atoms with Crippen molar-refractivity contribution in [1.29, 1.82) is 0 Å². The Morgan fingerprint density at radius 1 is 1.30 bits per heavy atom. The molecular weight excluding hydrogens is 254 g/mol. The van der Waals surface area contributed by atoms with Crippen LogP contribution in [0.15, 0.2) is 41.3 Å². The molecule has 0 unspecified atom stereocenters. The van der Waals surface area contributed by atoms with Gasteiger partial charge in [-0.25, -0.2) is 4.98 Å². The molecule has 1 atom stereocenters. The number of imidazole rings is 1. The van der Waals surface area contributed by atoms with E-state index in [1.807, 2.05) is 31.2 Å². The Balaban J connectivity index is 1.77. The molecule has 0 spiro atoms. The summed E-state index contributed by atoms with van der Waals surface area (Å²) in [5.74, 6) is 0.982. The van der Waals surface area contributed by atoms with Crippen LogP contribution in [0.2, 0.25) is 0 Å². The van der Waals surface area contributed by atoms with Crippen molar-refractivity contribution < 1.29 is 4.52 Å². The van der Waals surface area contributed by atoms with Crippen molar-refractivity contribution in [2.75, 3.05) is 0 Å². The van der Waals surface area contributed by atoms with Crippen molar-refractivity contribution in [2.24, 2.45) is 5.73 Å². The molecule has 0 aliphatic rings. The monoisotopic (exact) mass is 269 g/mol. The lowest BCUT2D eigenvalue weighted by Gasteiger charge is -2.03. The highest BCUT2D eigenvalue weighted by Gasteiger charge is 2.16. The summed E-state index contributed by atoms with van der Waals surface area (Å²) >= 11 is 0. The molecule has 102 valence electrons. The Labute approximate surface area is 116 Å². The van der Waals surface area contributed by atoms with Gasteiger partial charge in [-0.15, -0.1) is 0 Å². The predicted molar refractivity (Wildman–Crippen MR) is 73.7 cm³/mol. The zero-order valence-corrected chi connectivity index (χ0v) is 11.1. The summed E-state index contributed by atoms with van der Waals surface area (Å²) in [6, 6.07) is 7.60. The van der Waals surface area contributed by atoms with Gasteiger partial charge in [-0.05, 0) is 6.92 Å². The Morgan fingerprint density at radius 2 is 2.10 bits per heavy atom. The van der Waals surface area contributed by atoms with E-state index in [0.717, 1.165) is 11.3 Å². The smallest absolute Gasteiger partial charge is 0.244 e. The van der Waals surface area contributed by atoms with Gasteiger partial charge in [0.1, 0.15) is 0 Å². The SMILES string of the molecule is Cc1ccc(-c2noc([C@H](N)Cc3cnc[nH]3)n2)cc1. The summed E-state index contributed by atoms with van der Waals surface area (Å²) in [6.45, 7) is 2.03. The number of nitrogens with one attached hydrogen (secondary N) is 1. The molecular formula is C14H15N5O. The average molecular weight is 269 g/mol. The van der Waals surface area contributed by atoms with Gasteiger partial charge in [0.2, 0.25) is 11.7 Å². The van der Waals surface area contributed by atoms with E-state index in [1.54, 1.807) is 12.5 Å². The van der Waals surface area contributed by atoms with Gasteiger partial charge in [0.05, 0.1) is 12.4 Å². The third-order valence-electron chi connectivity index (χ3n) is 3.06. The highest BCUT2D eigenvalue weighted by molar-refractivity contribution is 5.54. The molecule has 3 N–H and O–H groups in total. The predicted octanol–water partition coefficient (Wildman–Crippen LogP) is 2.01. The number of H-pyrrole nitrogens is 1. The highest BCUT2D eigenvalue weighted by Crippen LogP contribution is 2.19. The van der Waals surface area contributed by atoms with E-state index in [2.05, 4.69) is 20.1 Å². The second kappa shape index (κ2) is 5.26. The van der Waals surface area contributed by atoms with Gasteiger partial charge in [-0.1, -0.05) is 35.0 Å². The van der Waals surface area contributed by atoms with E-state index in [1.165, 1.54) is 5.56 Å². The maximum Gasteiger partial charge on any atom is 0.244 e. The van der Waals surface area contributed by atoms with E-state index in [0.29, 0.717) is 18.1 Å². The molecule has 0 bridgehead atoms. The van der Waals surface area contributed by atoms with Crippen molar-refractivity contribution in [3.8, 4) is 11.4 Å². The average Bonchev–Trinajstić information content (AvgIpc) is 3.10. The molecule has 0 saturated heterocycles. The molecule has 1 aromatic carbocycles. The van der Waals surface area contributed by atoms with Gasteiger partial charge in [-0.2, -0.15) is 4.98 Å². The molecule has 0 fully saturated rings. The Bertz CT molecular complexity index is 672. The topological polar surface area (TPSA) is 93.6 Å². The number of benzene rings is 1. The summed E-state index contributed by atoms with van der Waals surface area (Å²) in [5, 5.41) is 3.97. The first-order chi connectivity index (χ1) is 9.72. The molecule has 0 aliphatic carbocycles. The molecule has 0 saturated carbocycles. The largest absolute Gasteiger partial charge is 0.348 e. The minimum atomic E-state index is -0.345. The van der Waals surface area contributed by atoms with Crippen LogP contribution in [0.25, 0.3) is 11.4 Å². The minimum absolute atomic E-state index is 0.345. The first-order valence-electron chi connectivity index (χ1n) is 6.36. The fourth-order valence-electron chi connectivity index (χ4n) is 1.93. The third kappa shape index (κ3) is 2.60. The van der Waals surface area contributed by atoms with Crippen LogP contribution in [0.5, 0.6) is 0 Å². The highest BCUT2D eigenvalue weighted by atomic mass is 16.5. The zero-order chi connectivity index (χ0) is 13.9. The Kier molecular flexibility index (Phi) is 3.30. The fraction of sp³-hybridized carbons (Fsp3) is 0.214. The van der Waals surface area contributed by atoms with Crippen molar-refractivity contribution in [2.45, 2.75) is 19.4 Å². The standard InChI is InChI=1S/C14H15N5O/c1-9-2-4-10(5-3-9)13-18-14(20-19-13)12(15)6-11-7-16-8-17-11/h2-5,7-8,12H,6,15H2,1H3,(H,16,17)/t12-/m1/s1. The summed E-state index contributed by atoms with van der Waals surface area (Å²) in [5.41, 5.74) is 9.10. The van der Waals surface area contributed by atoms with Crippen LogP contribution in [-0.2, 0) is 6.42 Å². The lowest BCUT2D eigenvalue weighted by molar-refractivity contribution is 0.354. The Hall–Kier alpha value is -2.47. The second-order valence-electron chi connectivity index (χ2n) is 4.71. The lowest BCUT2D eigenvalue weighted by atomic mass is 10.1. The molecule has 3 rings (SSSR count).